The Morgan fingerprint density at radius 1 is 1.41 bits per heavy atom. The first-order valence-electron chi connectivity index (χ1n) is 4.51. The number of benzene rings is 1. The van der Waals surface area contributed by atoms with Gasteiger partial charge in [-0.15, -0.1) is 5.10 Å². The SMILES string of the molecule is O=C(O)Cn1nnnc1-c1ccc(Br)cc1Br. The van der Waals surface area contributed by atoms with Crippen molar-refractivity contribution in [1.29, 1.82) is 0 Å². The number of rotatable bonds is 3. The number of carboxylic acids is 1. The first-order chi connectivity index (χ1) is 8.08. The molecule has 6 nitrogen and oxygen atoms in total. The van der Waals surface area contributed by atoms with Gasteiger partial charge in [-0.1, -0.05) is 15.9 Å². The summed E-state index contributed by atoms with van der Waals surface area (Å²) in [4.78, 5) is 10.7. The molecule has 0 bridgehead atoms. The minimum Gasteiger partial charge on any atom is -0.480 e. The van der Waals surface area contributed by atoms with Crippen LogP contribution in [0.5, 0.6) is 0 Å². The number of aliphatic carboxylic acids is 1. The summed E-state index contributed by atoms with van der Waals surface area (Å²) in [5.41, 5.74) is 0.736. The van der Waals surface area contributed by atoms with Gasteiger partial charge in [0, 0.05) is 14.5 Å². The first kappa shape index (κ1) is 12.2. The Balaban J connectivity index is 2.46. The molecule has 8 heteroatoms. The Labute approximate surface area is 113 Å². The predicted molar refractivity (Wildman–Crippen MR) is 66.3 cm³/mol. The minimum atomic E-state index is -0.994. The maximum Gasteiger partial charge on any atom is 0.325 e. The summed E-state index contributed by atoms with van der Waals surface area (Å²) in [5.74, 6) is -0.585. The zero-order valence-corrected chi connectivity index (χ0v) is 11.5. The third-order valence-corrected chi connectivity index (χ3v) is 3.14. The molecule has 0 unspecified atom stereocenters. The number of hydrogen-bond donors (Lipinski definition) is 1. The van der Waals surface area contributed by atoms with E-state index in [0.717, 1.165) is 14.5 Å². The molecule has 88 valence electrons. The van der Waals surface area contributed by atoms with Crippen molar-refractivity contribution >= 4 is 37.8 Å². The summed E-state index contributed by atoms with van der Waals surface area (Å²) in [6.45, 7) is -0.273. The summed E-state index contributed by atoms with van der Waals surface area (Å²) >= 11 is 6.72. The van der Waals surface area contributed by atoms with Crippen molar-refractivity contribution in [3.63, 3.8) is 0 Å². The Hall–Kier alpha value is -1.28. The number of halogens is 2. The molecule has 17 heavy (non-hydrogen) atoms. The molecule has 2 rings (SSSR count). The number of tetrazole rings is 1. The van der Waals surface area contributed by atoms with Gasteiger partial charge in [0.15, 0.2) is 5.82 Å². The highest BCUT2D eigenvalue weighted by molar-refractivity contribution is 9.11. The van der Waals surface area contributed by atoms with Gasteiger partial charge in [0.05, 0.1) is 0 Å². The minimum absolute atomic E-state index is 0.273. The highest BCUT2D eigenvalue weighted by Gasteiger charge is 2.14. The van der Waals surface area contributed by atoms with Crippen molar-refractivity contribution in [2.45, 2.75) is 6.54 Å². The highest BCUT2D eigenvalue weighted by atomic mass is 79.9. The zero-order chi connectivity index (χ0) is 12.4. The smallest absolute Gasteiger partial charge is 0.325 e. The van der Waals surface area contributed by atoms with Crippen LogP contribution in [0.25, 0.3) is 11.4 Å². The standard InChI is InChI=1S/C9H6Br2N4O2/c10-5-1-2-6(7(11)3-5)9-12-13-14-15(9)4-8(16)17/h1-3H,4H2,(H,16,17). The number of hydrogen-bond acceptors (Lipinski definition) is 4. The third-order valence-electron chi connectivity index (χ3n) is 1.99. The fourth-order valence-corrected chi connectivity index (χ4v) is 2.53. The van der Waals surface area contributed by atoms with Crippen LogP contribution in [0.15, 0.2) is 27.1 Å². The van der Waals surface area contributed by atoms with Crippen LogP contribution >= 0.6 is 31.9 Å². The maximum absolute atomic E-state index is 10.7. The summed E-state index contributed by atoms with van der Waals surface area (Å²) in [7, 11) is 0. The topological polar surface area (TPSA) is 80.9 Å². The van der Waals surface area contributed by atoms with E-state index in [-0.39, 0.29) is 6.54 Å². The highest BCUT2D eigenvalue weighted by Crippen LogP contribution is 2.28. The number of nitrogens with zero attached hydrogens (tertiary/aromatic N) is 4. The third kappa shape index (κ3) is 2.70. The normalized spacial score (nSPS) is 10.5. The van der Waals surface area contributed by atoms with E-state index in [1.54, 1.807) is 6.07 Å². The van der Waals surface area contributed by atoms with Crippen molar-refractivity contribution in [2.75, 3.05) is 0 Å². The van der Waals surface area contributed by atoms with E-state index in [9.17, 15) is 4.79 Å². The molecule has 0 aliphatic heterocycles. The van der Waals surface area contributed by atoms with Crippen molar-refractivity contribution in [1.82, 2.24) is 20.2 Å². The quantitative estimate of drug-likeness (QED) is 0.903. The molecule has 1 aromatic carbocycles. The monoisotopic (exact) mass is 360 g/mol. The largest absolute Gasteiger partial charge is 0.480 e. The van der Waals surface area contributed by atoms with Crippen LogP contribution in [0.1, 0.15) is 0 Å². The van der Waals surface area contributed by atoms with Gasteiger partial charge in [-0.25, -0.2) is 4.68 Å². The van der Waals surface area contributed by atoms with E-state index >= 15 is 0 Å². The number of carboxylic acid groups (broad SMARTS) is 1. The van der Waals surface area contributed by atoms with Gasteiger partial charge in [-0.3, -0.25) is 4.79 Å². The van der Waals surface area contributed by atoms with E-state index in [0.29, 0.717) is 5.82 Å². The molecule has 0 aliphatic carbocycles. The lowest BCUT2D eigenvalue weighted by Crippen LogP contribution is -2.11. The van der Waals surface area contributed by atoms with E-state index in [4.69, 9.17) is 5.11 Å². The van der Waals surface area contributed by atoms with Crippen LogP contribution in [0.3, 0.4) is 0 Å². The number of aromatic nitrogens is 4. The van der Waals surface area contributed by atoms with E-state index in [1.165, 1.54) is 4.68 Å². The van der Waals surface area contributed by atoms with Gasteiger partial charge in [-0.2, -0.15) is 0 Å². The molecule has 1 heterocycles. The average molecular weight is 362 g/mol. The fourth-order valence-electron chi connectivity index (χ4n) is 1.30. The summed E-state index contributed by atoms with van der Waals surface area (Å²) < 4.78 is 2.93. The molecule has 0 saturated carbocycles. The predicted octanol–water partition coefficient (Wildman–Crippen LogP) is 1.95. The van der Waals surface area contributed by atoms with Crippen molar-refractivity contribution < 1.29 is 9.90 Å². The van der Waals surface area contributed by atoms with Gasteiger partial charge < -0.3 is 5.11 Å². The Kier molecular flexibility index (Phi) is 3.53. The van der Waals surface area contributed by atoms with Crippen LogP contribution in [0.2, 0.25) is 0 Å². The second-order valence-electron chi connectivity index (χ2n) is 3.18. The van der Waals surface area contributed by atoms with Gasteiger partial charge >= 0.3 is 5.97 Å². The summed E-state index contributed by atoms with van der Waals surface area (Å²) in [6.07, 6.45) is 0. The molecule has 0 atom stereocenters. The van der Waals surface area contributed by atoms with Crippen LogP contribution < -0.4 is 0 Å². The van der Waals surface area contributed by atoms with Gasteiger partial charge in [0.1, 0.15) is 6.54 Å². The Morgan fingerprint density at radius 3 is 2.82 bits per heavy atom. The molecule has 0 amide bonds. The molecule has 1 aromatic heterocycles. The summed E-state index contributed by atoms with van der Waals surface area (Å²) in [6, 6.07) is 5.48. The average Bonchev–Trinajstić information content (AvgIpc) is 2.65. The number of carbonyl (C=O) groups is 1. The Bertz CT molecular complexity index is 570. The molecule has 1 N–H and O–H groups in total. The first-order valence-corrected chi connectivity index (χ1v) is 6.10. The van der Waals surface area contributed by atoms with E-state index < -0.39 is 5.97 Å². The Morgan fingerprint density at radius 2 is 2.18 bits per heavy atom. The fraction of sp³-hybridized carbons (Fsp3) is 0.111. The maximum atomic E-state index is 10.7. The molecule has 0 fully saturated rings. The van der Waals surface area contributed by atoms with Crippen molar-refractivity contribution in [3.8, 4) is 11.4 Å². The lowest BCUT2D eigenvalue weighted by Gasteiger charge is -2.04. The molecule has 0 saturated heterocycles. The second-order valence-corrected chi connectivity index (χ2v) is 4.95. The summed E-state index contributed by atoms with van der Waals surface area (Å²) in [5, 5.41) is 19.7. The molecule has 0 aliphatic rings. The van der Waals surface area contributed by atoms with Crippen LogP contribution in [0.4, 0.5) is 0 Å². The lowest BCUT2D eigenvalue weighted by atomic mass is 10.2. The second kappa shape index (κ2) is 4.92. The molecular formula is C9H6Br2N4O2. The molecule has 0 spiro atoms. The van der Waals surface area contributed by atoms with Crippen molar-refractivity contribution in [3.05, 3.63) is 27.1 Å². The molecular weight excluding hydrogens is 356 g/mol. The van der Waals surface area contributed by atoms with Crippen LogP contribution in [-0.4, -0.2) is 31.3 Å². The van der Waals surface area contributed by atoms with Crippen LogP contribution in [0, 0.1) is 0 Å². The van der Waals surface area contributed by atoms with Crippen LogP contribution in [-0.2, 0) is 11.3 Å². The zero-order valence-electron chi connectivity index (χ0n) is 8.34. The molecule has 2 aromatic rings. The van der Waals surface area contributed by atoms with Gasteiger partial charge in [0.25, 0.3) is 0 Å². The van der Waals surface area contributed by atoms with Gasteiger partial charge in [0.2, 0.25) is 0 Å². The van der Waals surface area contributed by atoms with Gasteiger partial charge in [-0.05, 0) is 44.6 Å². The molecule has 0 radical (unpaired) electrons. The van der Waals surface area contributed by atoms with Crippen molar-refractivity contribution in [2.24, 2.45) is 0 Å². The lowest BCUT2D eigenvalue weighted by molar-refractivity contribution is -0.137. The van der Waals surface area contributed by atoms with E-state index in [2.05, 4.69) is 47.4 Å². The van der Waals surface area contributed by atoms with E-state index in [1.807, 2.05) is 12.1 Å².